The topological polar surface area (TPSA) is 50.6 Å². The minimum absolute atomic E-state index is 0.0302. The Kier molecular flexibility index (Phi) is 4.32. The number of hydrogen-bond donors (Lipinski definition) is 0. The summed E-state index contributed by atoms with van der Waals surface area (Å²) >= 11 is 10.4. The summed E-state index contributed by atoms with van der Waals surface area (Å²) in [6.07, 6.45) is 0. The molecule has 0 amide bonds. The van der Waals surface area contributed by atoms with Crippen molar-refractivity contribution in [2.45, 2.75) is 13.0 Å². The lowest BCUT2D eigenvalue weighted by molar-refractivity contribution is 0.253. The Bertz CT molecular complexity index is 922. The molecule has 0 spiro atoms. The normalized spacial score (nSPS) is 20.7. The highest BCUT2D eigenvalue weighted by atomic mass is 127. The fourth-order valence-corrected chi connectivity index (χ4v) is 4.67. The maximum atomic E-state index is 14.9. The number of nitrogens with zero attached hydrogens (tertiary/aromatic N) is 4. The number of piperazine rings is 1. The van der Waals surface area contributed by atoms with Crippen molar-refractivity contribution in [2.24, 2.45) is 0 Å². The zero-order chi connectivity index (χ0) is 17.2. The van der Waals surface area contributed by atoms with Gasteiger partial charge in [0, 0.05) is 48.1 Å². The lowest BCUT2D eigenvalue weighted by atomic mass is 10.1. The number of fused-ring (bicyclic) bond motifs is 2. The average Bonchev–Trinajstić information content (AvgIpc) is 2.70. The molecule has 1 aromatic carbocycles. The number of rotatable bonds is 0. The van der Waals surface area contributed by atoms with Crippen LogP contribution < -0.4 is 15.3 Å². The number of halogens is 4. The predicted octanol–water partition coefficient (Wildman–Crippen LogP) is 2.93. The van der Waals surface area contributed by atoms with Gasteiger partial charge >= 0.3 is 5.69 Å². The molecule has 1 aromatic heterocycles. The van der Waals surface area contributed by atoms with Crippen molar-refractivity contribution in [1.82, 2.24) is 10.9 Å². The molecule has 3 heterocycles. The number of benzene rings is 1. The van der Waals surface area contributed by atoms with Gasteiger partial charge in [0.2, 0.25) is 0 Å². The summed E-state index contributed by atoms with van der Waals surface area (Å²) in [5.41, 5.74) is -0.0428. The summed E-state index contributed by atoms with van der Waals surface area (Å²) in [5, 5.41) is 0.714. The second-order valence-corrected chi connectivity index (χ2v) is 8.54. The molecular formula is C14H12ClFI2N4O2. The molecule has 1 saturated heterocycles. The Morgan fingerprint density at radius 3 is 2.88 bits per heavy atom. The van der Waals surface area contributed by atoms with Crippen LogP contribution >= 0.6 is 57.3 Å². The Labute approximate surface area is 169 Å². The van der Waals surface area contributed by atoms with Gasteiger partial charge in [0.05, 0.1) is 39.3 Å². The minimum Gasteiger partial charge on any atom is -0.489 e. The zero-order valence-corrected chi connectivity index (χ0v) is 17.6. The van der Waals surface area contributed by atoms with Crippen LogP contribution in [-0.2, 0) is 0 Å². The van der Waals surface area contributed by atoms with E-state index in [0.717, 1.165) is 13.1 Å². The first-order chi connectivity index (χ1) is 11.4. The standard InChI is InChI=1S/C14H12ClFI2N4O2/c1-6-9(15)12-8-11(10(6)16)22(18)14(23)19-13(8)21-3-2-20(17)4-7(21)5-24-12/h7H,2-5H2,1H3. The molecule has 4 rings (SSSR count). The molecule has 10 heteroatoms. The van der Waals surface area contributed by atoms with Gasteiger partial charge in [-0.2, -0.15) is 4.98 Å². The van der Waals surface area contributed by atoms with Gasteiger partial charge in [-0.15, -0.1) is 0 Å². The second-order valence-electron chi connectivity index (χ2n) is 5.83. The number of anilines is 1. The first-order valence-corrected chi connectivity index (χ1v) is 9.61. The number of aromatic nitrogens is 2. The molecule has 24 heavy (non-hydrogen) atoms. The molecule has 0 aliphatic carbocycles. The molecular weight excluding hydrogens is 564 g/mol. The van der Waals surface area contributed by atoms with E-state index < -0.39 is 11.5 Å². The monoisotopic (exact) mass is 576 g/mol. The Hall–Kier alpha value is -0.400. The third-order valence-electron chi connectivity index (χ3n) is 4.44. The first-order valence-electron chi connectivity index (χ1n) is 7.30. The van der Waals surface area contributed by atoms with E-state index in [2.05, 4.69) is 31.0 Å². The quantitative estimate of drug-likeness (QED) is 0.357. The molecule has 0 radical (unpaired) electrons. The van der Waals surface area contributed by atoms with Crippen molar-refractivity contribution in [3.8, 4) is 5.75 Å². The SMILES string of the molecule is Cc1c(Cl)c2c3c(nc(=O)n(I)c3c1F)N1CCN(I)CC1CO2. The van der Waals surface area contributed by atoms with Crippen molar-refractivity contribution >= 4 is 74.1 Å². The number of ether oxygens (including phenoxy) is 1. The van der Waals surface area contributed by atoms with E-state index in [1.54, 1.807) is 29.8 Å². The van der Waals surface area contributed by atoms with Crippen molar-refractivity contribution in [3.63, 3.8) is 0 Å². The third kappa shape index (κ3) is 2.42. The molecule has 1 atom stereocenters. The Morgan fingerprint density at radius 2 is 2.12 bits per heavy atom. The lowest BCUT2D eigenvalue weighted by Gasteiger charge is -2.38. The van der Waals surface area contributed by atoms with Crippen LogP contribution in [0.3, 0.4) is 0 Å². The van der Waals surface area contributed by atoms with E-state index in [1.807, 2.05) is 4.90 Å². The highest BCUT2D eigenvalue weighted by Crippen LogP contribution is 2.44. The lowest BCUT2D eigenvalue weighted by Crippen LogP contribution is -2.53. The fraction of sp³-hybridized carbons (Fsp3) is 0.429. The third-order valence-corrected chi connectivity index (χ3v) is 6.67. The van der Waals surface area contributed by atoms with Crippen LogP contribution in [0.4, 0.5) is 10.2 Å². The maximum Gasteiger partial charge on any atom is 0.359 e. The van der Waals surface area contributed by atoms with Crippen LogP contribution in [0.25, 0.3) is 10.9 Å². The fourth-order valence-electron chi connectivity index (χ4n) is 3.21. The van der Waals surface area contributed by atoms with E-state index in [0.29, 0.717) is 30.1 Å². The van der Waals surface area contributed by atoms with Crippen LogP contribution in [0, 0.1) is 12.7 Å². The van der Waals surface area contributed by atoms with Gasteiger partial charge in [-0.3, -0.25) is 0 Å². The van der Waals surface area contributed by atoms with Crippen molar-refractivity contribution in [3.05, 3.63) is 26.9 Å². The van der Waals surface area contributed by atoms with E-state index in [-0.39, 0.29) is 22.1 Å². The summed E-state index contributed by atoms with van der Waals surface area (Å²) in [6, 6.07) is 0.0302. The van der Waals surface area contributed by atoms with Crippen molar-refractivity contribution < 1.29 is 9.13 Å². The molecule has 0 N–H and O–H groups in total. The van der Waals surface area contributed by atoms with Gasteiger partial charge in [0.25, 0.3) is 0 Å². The largest absolute Gasteiger partial charge is 0.489 e. The van der Waals surface area contributed by atoms with Gasteiger partial charge in [-0.05, 0) is 6.92 Å². The van der Waals surface area contributed by atoms with Gasteiger partial charge in [-0.1, -0.05) is 11.6 Å². The summed E-state index contributed by atoms with van der Waals surface area (Å²) < 4.78 is 24.2. The summed E-state index contributed by atoms with van der Waals surface area (Å²) in [7, 11) is 0. The van der Waals surface area contributed by atoms with E-state index in [4.69, 9.17) is 16.3 Å². The molecule has 2 aliphatic heterocycles. The Balaban J connectivity index is 2.11. The molecule has 0 bridgehead atoms. The van der Waals surface area contributed by atoms with Gasteiger partial charge in [-0.25, -0.2) is 15.1 Å². The maximum absolute atomic E-state index is 14.9. The van der Waals surface area contributed by atoms with Gasteiger partial charge in [0.15, 0.2) is 11.6 Å². The molecule has 128 valence electrons. The minimum atomic E-state index is -0.511. The van der Waals surface area contributed by atoms with Crippen LogP contribution in [-0.4, -0.2) is 43.2 Å². The van der Waals surface area contributed by atoms with Crippen LogP contribution in [0.1, 0.15) is 5.56 Å². The molecule has 1 unspecified atom stereocenters. The first kappa shape index (κ1) is 17.0. The average molecular weight is 577 g/mol. The smallest absolute Gasteiger partial charge is 0.359 e. The van der Waals surface area contributed by atoms with Crippen LogP contribution in [0.5, 0.6) is 5.75 Å². The van der Waals surface area contributed by atoms with Crippen molar-refractivity contribution in [2.75, 3.05) is 31.1 Å². The zero-order valence-electron chi connectivity index (χ0n) is 12.5. The summed E-state index contributed by atoms with van der Waals surface area (Å²) in [4.78, 5) is 18.6. The molecule has 6 nitrogen and oxygen atoms in total. The Morgan fingerprint density at radius 1 is 1.38 bits per heavy atom. The molecule has 0 saturated carbocycles. The molecule has 1 fully saturated rings. The van der Waals surface area contributed by atoms with E-state index >= 15 is 0 Å². The molecule has 2 aliphatic rings. The second kappa shape index (κ2) is 6.09. The summed E-state index contributed by atoms with van der Waals surface area (Å²) in [6.45, 7) is 4.28. The van der Waals surface area contributed by atoms with E-state index in [9.17, 15) is 9.18 Å². The van der Waals surface area contributed by atoms with Gasteiger partial charge < -0.3 is 9.64 Å². The highest BCUT2D eigenvalue weighted by Gasteiger charge is 2.35. The predicted molar refractivity (Wildman–Crippen MR) is 107 cm³/mol. The highest BCUT2D eigenvalue weighted by molar-refractivity contribution is 14.1. The number of hydrogen-bond acceptors (Lipinski definition) is 5. The van der Waals surface area contributed by atoms with Crippen molar-refractivity contribution in [1.29, 1.82) is 0 Å². The summed E-state index contributed by atoms with van der Waals surface area (Å²) in [5.74, 6) is 0.363. The van der Waals surface area contributed by atoms with Crippen LogP contribution in [0.2, 0.25) is 5.02 Å². The molecule has 2 aromatic rings. The van der Waals surface area contributed by atoms with Crippen LogP contribution in [0.15, 0.2) is 4.79 Å². The van der Waals surface area contributed by atoms with E-state index in [1.165, 1.54) is 2.78 Å². The van der Waals surface area contributed by atoms with Gasteiger partial charge in [0.1, 0.15) is 17.9 Å².